The van der Waals surface area contributed by atoms with Gasteiger partial charge in [-0.2, -0.15) is 0 Å². The van der Waals surface area contributed by atoms with E-state index in [9.17, 15) is 0 Å². The fourth-order valence-corrected chi connectivity index (χ4v) is 4.78. The van der Waals surface area contributed by atoms with Gasteiger partial charge in [-0.1, -0.05) is 19.8 Å². The van der Waals surface area contributed by atoms with Gasteiger partial charge in [-0.05, 0) is 43.9 Å². The Morgan fingerprint density at radius 2 is 2.05 bits per heavy atom. The topological polar surface area (TPSA) is 43.8 Å². The molecule has 1 aliphatic heterocycles. The lowest BCUT2D eigenvalue weighted by Gasteiger charge is -2.34. The fourth-order valence-electron chi connectivity index (χ4n) is 4.78. The van der Waals surface area contributed by atoms with Crippen LogP contribution in [0, 0.1) is 5.41 Å². The minimum atomic E-state index is 0.322. The normalized spacial score (nSPS) is 32.3. The Morgan fingerprint density at radius 1 is 1.26 bits per heavy atom. The van der Waals surface area contributed by atoms with Crippen molar-refractivity contribution >= 4 is 0 Å². The largest absolute Gasteiger partial charge is 0.330 e. The van der Waals surface area contributed by atoms with Crippen molar-refractivity contribution in [3.8, 4) is 0 Å². The molecule has 2 atom stereocenters. The zero-order valence-electron chi connectivity index (χ0n) is 12.0. The lowest BCUT2D eigenvalue weighted by atomic mass is 9.73. The van der Waals surface area contributed by atoms with Gasteiger partial charge in [-0.25, -0.2) is 4.98 Å². The van der Waals surface area contributed by atoms with Crippen LogP contribution in [0.15, 0.2) is 0 Å². The van der Waals surface area contributed by atoms with E-state index in [0.717, 1.165) is 13.0 Å². The van der Waals surface area contributed by atoms with Gasteiger partial charge < -0.3 is 10.3 Å². The van der Waals surface area contributed by atoms with E-state index in [4.69, 9.17) is 10.7 Å². The number of aryl methyl sites for hydroxylation is 1. The maximum absolute atomic E-state index is 6.23. The number of hydrogen-bond donors (Lipinski definition) is 1. The molecule has 0 aromatic carbocycles. The third-order valence-electron chi connectivity index (χ3n) is 5.80. The highest BCUT2D eigenvalue weighted by atomic mass is 15.1. The standard InChI is InChI=1S/C16H25N3/c1-11-8-12(17)10-19-14-9-16(5-2-3-6-16)7-4-13(14)18-15(11)19/h11-12H,2-10,17H2,1H3. The molecule has 1 fully saturated rings. The molecule has 104 valence electrons. The highest BCUT2D eigenvalue weighted by Crippen LogP contribution is 2.48. The Bertz CT molecular complexity index is 496. The first-order valence-electron chi connectivity index (χ1n) is 8.01. The van der Waals surface area contributed by atoms with Crippen LogP contribution in [0.2, 0.25) is 0 Å². The van der Waals surface area contributed by atoms with Crippen LogP contribution in [0.1, 0.15) is 68.6 Å². The Morgan fingerprint density at radius 3 is 2.84 bits per heavy atom. The first-order valence-corrected chi connectivity index (χ1v) is 8.01. The first-order chi connectivity index (χ1) is 9.17. The maximum atomic E-state index is 6.23. The molecule has 3 nitrogen and oxygen atoms in total. The predicted molar refractivity (Wildman–Crippen MR) is 76.2 cm³/mol. The molecule has 0 radical (unpaired) electrons. The van der Waals surface area contributed by atoms with Gasteiger partial charge in [-0.15, -0.1) is 0 Å². The Hall–Kier alpha value is -0.830. The van der Waals surface area contributed by atoms with E-state index in [1.807, 2.05) is 0 Å². The second-order valence-corrected chi connectivity index (χ2v) is 7.25. The minimum absolute atomic E-state index is 0.322. The van der Waals surface area contributed by atoms with Crippen molar-refractivity contribution in [3.05, 3.63) is 17.2 Å². The molecule has 2 N–H and O–H groups in total. The van der Waals surface area contributed by atoms with Crippen LogP contribution >= 0.6 is 0 Å². The summed E-state index contributed by atoms with van der Waals surface area (Å²) < 4.78 is 2.49. The number of imidazole rings is 1. The lowest BCUT2D eigenvalue weighted by Crippen LogP contribution is -2.35. The van der Waals surface area contributed by atoms with Gasteiger partial charge in [0.1, 0.15) is 5.82 Å². The summed E-state index contributed by atoms with van der Waals surface area (Å²) >= 11 is 0. The zero-order chi connectivity index (χ0) is 13.0. The van der Waals surface area contributed by atoms with Crippen molar-refractivity contribution in [1.29, 1.82) is 0 Å². The van der Waals surface area contributed by atoms with Crippen LogP contribution in [-0.4, -0.2) is 15.6 Å². The average Bonchev–Trinajstić information content (AvgIpc) is 2.96. The van der Waals surface area contributed by atoms with Crippen molar-refractivity contribution in [2.75, 3.05) is 0 Å². The molecule has 1 saturated carbocycles. The Kier molecular flexibility index (Phi) is 2.57. The second-order valence-electron chi connectivity index (χ2n) is 7.25. The maximum Gasteiger partial charge on any atom is 0.112 e. The van der Waals surface area contributed by atoms with Crippen LogP contribution < -0.4 is 5.73 Å². The van der Waals surface area contributed by atoms with Crippen molar-refractivity contribution in [1.82, 2.24) is 9.55 Å². The van der Waals surface area contributed by atoms with E-state index >= 15 is 0 Å². The molecule has 19 heavy (non-hydrogen) atoms. The number of nitrogens with two attached hydrogens (primary N) is 1. The fraction of sp³-hybridized carbons (Fsp3) is 0.812. The summed E-state index contributed by atoms with van der Waals surface area (Å²) in [7, 11) is 0. The predicted octanol–water partition coefficient (Wildman–Crippen LogP) is 2.77. The summed E-state index contributed by atoms with van der Waals surface area (Å²) in [6.45, 7) is 3.28. The highest BCUT2D eigenvalue weighted by Gasteiger charge is 2.40. The molecule has 1 spiro atoms. The van der Waals surface area contributed by atoms with Crippen molar-refractivity contribution in [2.24, 2.45) is 11.1 Å². The number of fused-ring (bicyclic) bond motifs is 3. The summed E-state index contributed by atoms with van der Waals surface area (Å²) in [6, 6.07) is 0.322. The van der Waals surface area contributed by atoms with Gasteiger partial charge in [0.15, 0.2) is 0 Å². The van der Waals surface area contributed by atoms with Crippen LogP contribution in [0.3, 0.4) is 0 Å². The molecule has 1 aromatic rings. The summed E-state index contributed by atoms with van der Waals surface area (Å²) in [5.41, 5.74) is 9.79. The smallest absolute Gasteiger partial charge is 0.112 e. The summed E-state index contributed by atoms with van der Waals surface area (Å²) in [5, 5.41) is 0. The molecule has 0 saturated heterocycles. The summed E-state index contributed by atoms with van der Waals surface area (Å²) in [6.07, 6.45) is 10.7. The molecule has 2 aliphatic carbocycles. The van der Waals surface area contributed by atoms with Gasteiger partial charge >= 0.3 is 0 Å². The van der Waals surface area contributed by atoms with Crippen LogP contribution in [0.4, 0.5) is 0 Å². The number of hydrogen-bond acceptors (Lipinski definition) is 2. The van der Waals surface area contributed by atoms with Crippen molar-refractivity contribution < 1.29 is 0 Å². The molecule has 2 unspecified atom stereocenters. The molecule has 2 heterocycles. The zero-order valence-corrected chi connectivity index (χ0v) is 12.0. The molecule has 3 heteroatoms. The molecular weight excluding hydrogens is 234 g/mol. The van der Waals surface area contributed by atoms with Gasteiger partial charge in [0, 0.05) is 24.2 Å². The van der Waals surface area contributed by atoms with Crippen molar-refractivity contribution in [2.45, 2.75) is 76.8 Å². The van der Waals surface area contributed by atoms with Crippen LogP contribution in [0.5, 0.6) is 0 Å². The monoisotopic (exact) mass is 259 g/mol. The van der Waals surface area contributed by atoms with Gasteiger partial charge in [0.2, 0.25) is 0 Å². The number of aromatic nitrogens is 2. The molecule has 3 aliphatic rings. The van der Waals surface area contributed by atoms with E-state index in [2.05, 4.69) is 11.5 Å². The number of rotatable bonds is 0. The van der Waals surface area contributed by atoms with E-state index in [1.165, 1.54) is 56.5 Å². The van der Waals surface area contributed by atoms with Crippen molar-refractivity contribution in [3.63, 3.8) is 0 Å². The Balaban J connectivity index is 1.74. The summed E-state index contributed by atoms with van der Waals surface area (Å²) in [4.78, 5) is 4.97. The average molecular weight is 259 g/mol. The first kappa shape index (κ1) is 12.0. The van der Waals surface area contributed by atoms with Gasteiger partial charge in [0.25, 0.3) is 0 Å². The highest BCUT2D eigenvalue weighted by molar-refractivity contribution is 5.26. The lowest BCUT2D eigenvalue weighted by molar-refractivity contribution is 0.244. The van der Waals surface area contributed by atoms with Crippen LogP contribution in [0.25, 0.3) is 0 Å². The van der Waals surface area contributed by atoms with Gasteiger partial charge in [0.05, 0.1) is 5.69 Å². The Labute approximate surface area is 115 Å². The van der Waals surface area contributed by atoms with E-state index in [1.54, 1.807) is 5.69 Å². The molecule has 0 amide bonds. The molecule has 0 bridgehead atoms. The van der Waals surface area contributed by atoms with E-state index in [0.29, 0.717) is 17.4 Å². The summed E-state index contributed by atoms with van der Waals surface area (Å²) in [5.74, 6) is 1.86. The minimum Gasteiger partial charge on any atom is -0.330 e. The van der Waals surface area contributed by atoms with Crippen LogP contribution in [-0.2, 0) is 19.4 Å². The van der Waals surface area contributed by atoms with E-state index < -0.39 is 0 Å². The third kappa shape index (κ3) is 1.78. The molecule has 4 rings (SSSR count). The third-order valence-corrected chi connectivity index (χ3v) is 5.80. The SMILES string of the molecule is CC1CC(N)Cn2c1nc1c2CC2(CCCC2)CC1. The van der Waals surface area contributed by atoms with Gasteiger partial charge in [-0.3, -0.25) is 0 Å². The second kappa shape index (κ2) is 4.08. The quantitative estimate of drug-likeness (QED) is 0.778. The van der Waals surface area contributed by atoms with E-state index in [-0.39, 0.29) is 0 Å². The molecule has 1 aromatic heterocycles. The number of nitrogens with zero attached hydrogens (tertiary/aromatic N) is 2. The molecular formula is C16H25N3.